The molecule has 3 aromatic heterocycles. The van der Waals surface area contributed by atoms with Crippen LogP contribution in [-0.2, 0) is 6.54 Å². The number of fused-ring (bicyclic) bond motifs is 1. The zero-order valence-electron chi connectivity index (χ0n) is 12.2. The van der Waals surface area contributed by atoms with Gasteiger partial charge in [0.05, 0.1) is 6.54 Å². The number of imidazole rings is 2. The van der Waals surface area contributed by atoms with Crippen LogP contribution in [0.3, 0.4) is 0 Å². The van der Waals surface area contributed by atoms with E-state index < -0.39 is 0 Å². The summed E-state index contributed by atoms with van der Waals surface area (Å²) >= 11 is 0. The lowest BCUT2D eigenvalue weighted by atomic mass is 10.1. The van der Waals surface area contributed by atoms with E-state index in [1.807, 2.05) is 18.3 Å². The fourth-order valence-electron chi connectivity index (χ4n) is 2.57. The van der Waals surface area contributed by atoms with Crippen molar-refractivity contribution >= 4 is 11.2 Å². The zero-order chi connectivity index (χ0) is 14.9. The summed E-state index contributed by atoms with van der Waals surface area (Å²) in [5.41, 5.74) is 4.07. The van der Waals surface area contributed by atoms with Gasteiger partial charge >= 0.3 is 0 Å². The van der Waals surface area contributed by atoms with Crippen LogP contribution in [0, 0.1) is 6.92 Å². The van der Waals surface area contributed by atoms with Crippen LogP contribution in [-0.4, -0.2) is 24.5 Å². The standard InChI is InChI=1S/C17H15N5/c1-12-4-6-13(7-5-12)16-21-14-3-2-8-20-17(14)22(16)11-15-18-9-10-19-15/h2-10H,11H2,1H3,(H,18,19). The SMILES string of the molecule is Cc1ccc(-c2nc3cccnc3n2Cc2ncc[nH]2)cc1. The number of aromatic amines is 1. The van der Waals surface area contributed by atoms with Gasteiger partial charge in [-0.3, -0.25) is 0 Å². The molecule has 0 amide bonds. The van der Waals surface area contributed by atoms with E-state index in [0.29, 0.717) is 6.54 Å². The van der Waals surface area contributed by atoms with Crippen LogP contribution in [0.25, 0.3) is 22.6 Å². The molecule has 1 N–H and O–H groups in total. The molecule has 0 aliphatic rings. The molecule has 0 unspecified atom stereocenters. The highest BCUT2D eigenvalue weighted by molar-refractivity contribution is 5.77. The Labute approximate surface area is 127 Å². The minimum absolute atomic E-state index is 0.615. The van der Waals surface area contributed by atoms with Gasteiger partial charge in [-0.05, 0) is 19.1 Å². The number of nitrogens with one attached hydrogen (secondary N) is 1. The highest BCUT2D eigenvalue weighted by atomic mass is 15.1. The third-order valence-electron chi connectivity index (χ3n) is 3.68. The van der Waals surface area contributed by atoms with Crippen LogP contribution in [0.5, 0.6) is 0 Å². The Kier molecular flexibility index (Phi) is 2.96. The Balaban J connectivity index is 1.91. The number of hydrogen-bond donors (Lipinski definition) is 1. The van der Waals surface area contributed by atoms with Gasteiger partial charge in [-0.1, -0.05) is 29.8 Å². The van der Waals surface area contributed by atoms with E-state index in [2.05, 4.69) is 50.7 Å². The third kappa shape index (κ3) is 2.16. The smallest absolute Gasteiger partial charge is 0.160 e. The van der Waals surface area contributed by atoms with Crippen molar-refractivity contribution in [2.24, 2.45) is 0 Å². The van der Waals surface area contributed by atoms with Gasteiger partial charge < -0.3 is 9.55 Å². The third-order valence-corrected chi connectivity index (χ3v) is 3.68. The van der Waals surface area contributed by atoms with E-state index in [1.54, 1.807) is 12.4 Å². The van der Waals surface area contributed by atoms with Gasteiger partial charge in [-0.2, -0.15) is 0 Å². The lowest BCUT2D eigenvalue weighted by Gasteiger charge is -2.07. The second kappa shape index (κ2) is 5.11. The quantitative estimate of drug-likeness (QED) is 0.630. The van der Waals surface area contributed by atoms with Crippen molar-refractivity contribution in [3.8, 4) is 11.4 Å². The van der Waals surface area contributed by atoms with Gasteiger partial charge in [0.1, 0.15) is 17.2 Å². The highest BCUT2D eigenvalue weighted by Gasteiger charge is 2.14. The molecule has 3 heterocycles. The molecule has 22 heavy (non-hydrogen) atoms. The summed E-state index contributed by atoms with van der Waals surface area (Å²) in [5, 5.41) is 0. The maximum atomic E-state index is 4.75. The molecular formula is C17H15N5. The molecule has 0 saturated heterocycles. The number of aromatic nitrogens is 5. The highest BCUT2D eigenvalue weighted by Crippen LogP contribution is 2.24. The van der Waals surface area contributed by atoms with Crippen LogP contribution in [0.2, 0.25) is 0 Å². The van der Waals surface area contributed by atoms with Crippen molar-refractivity contribution in [3.05, 3.63) is 66.4 Å². The van der Waals surface area contributed by atoms with Crippen molar-refractivity contribution in [1.82, 2.24) is 24.5 Å². The molecule has 0 atom stereocenters. The Bertz CT molecular complexity index is 904. The maximum absolute atomic E-state index is 4.75. The first kappa shape index (κ1) is 12.8. The number of H-pyrrole nitrogens is 1. The van der Waals surface area contributed by atoms with Crippen LogP contribution < -0.4 is 0 Å². The number of pyridine rings is 1. The Morgan fingerprint density at radius 2 is 1.91 bits per heavy atom. The van der Waals surface area contributed by atoms with Crippen LogP contribution in [0.15, 0.2) is 55.0 Å². The summed E-state index contributed by atoms with van der Waals surface area (Å²) in [5.74, 6) is 1.79. The molecule has 4 rings (SSSR count). The first-order valence-corrected chi connectivity index (χ1v) is 7.18. The topological polar surface area (TPSA) is 59.4 Å². The zero-order valence-corrected chi connectivity index (χ0v) is 12.2. The van der Waals surface area contributed by atoms with Crippen molar-refractivity contribution in [2.75, 3.05) is 0 Å². The van der Waals surface area contributed by atoms with E-state index in [0.717, 1.165) is 28.4 Å². The number of nitrogens with zero attached hydrogens (tertiary/aromatic N) is 4. The first-order valence-electron chi connectivity index (χ1n) is 7.18. The maximum Gasteiger partial charge on any atom is 0.160 e. The molecule has 0 aliphatic heterocycles. The second-order valence-corrected chi connectivity index (χ2v) is 5.27. The molecule has 0 bridgehead atoms. The predicted octanol–water partition coefficient (Wildman–Crippen LogP) is 3.18. The number of rotatable bonds is 3. The van der Waals surface area contributed by atoms with E-state index in [9.17, 15) is 0 Å². The van der Waals surface area contributed by atoms with Crippen LogP contribution >= 0.6 is 0 Å². The van der Waals surface area contributed by atoms with Crippen LogP contribution in [0.4, 0.5) is 0 Å². The summed E-state index contributed by atoms with van der Waals surface area (Å²) in [6, 6.07) is 12.3. The molecule has 108 valence electrons. The van der Waals surface area contributed by atoms with Crippen molar-refractivity contribution in [1.29, 1.82) is 0 Å². The second-order valence-electron chi connectivity index (χ2n) is 5.27. The average Bonchev–Trinajstić information content (AvgIpc) is 3.17. The predicted molar refractivity (Wildman–Crippen MR) is 85.4 cm³/mol. The summed E-state index contributed by atoms with van der Waals surface area (Å²) in [4.78, 5) is 16.7. The van der Waals surface area contributed by atoms with E-state index in [4.69, 9.17) is 4.98 Å². The summed E-state index contributed by atoms with van der Waals surface area (Å²) < 4.78 is 2.10. The minimum Gasteiger partial charge on any atom is -0.347 e. The van der Waals surface area contributed by atoms with E-state index in [1.165, 1.54) is 5.56 Å². The first-order chi connectivity index (χ1) is 10.8. The molecule has 5 nitrogen and oxygen atoms in total. The monoisotopic (exact) mass is 289 g/mol. The number of aryl methyl sites for hydroxylation is 1. The average molecular weight is 289 g/mol. The Hall–Kier alpha value is -2.95. The van der Waals surface area contributed by atoms with Gasteiger partial charge in [-0.25, -0.2) is 15.0 Å². The summed E-state index contributed by atoms with van der Waals surface area (Å²) in [7, 11) is 0. The van der Waals surface area contributed by atoms with E-state index in [-0.39, 0.29) is 0 Å². The molecule has 0 saturated carbocycles. The minimum atomic E-state index is 0.615. The molecule has 0 radical (unpaired) electrons. The van der Waals surface area contributed by atoms with Gasteiger partial charge in [0.15, 0.2) is 5.65 Å². The van der Waals surface area contributed by atoms with E-state index >= 15 is 0 Å². The normalized spacial score (nSPS) is 11.1. The Morgan fingerprint density at radius 1 is 1.05 bits per heavy atom. The number of benzene rings is 1. The molecule has 0 aliphatic carbocycles. The summed E-state index contributed by atoms with van der Waals surface area (Å²) in [6.07, 6.45) is 5.38. The van der Waals surface area contributed by atoms with Gasteiger partial charge in [-0.15, -0.1) is 0 Å². The largest absolute Gasteiger partial charge is 0.347 e. The molecule has 5 heteroatoms. The lowest BCUT2D eigenvalue weighted by Crippen LogP contribution is -2.04. The van der Waals surface area contributed by atoms with Crippen LogP contribution in [0.1, 0.15) is 11.4 Å². The van der Waals surface area contributed by atoms with Crippen molar-refractivity contribution in [3.63, 3.8) is 0 Å². The molecular weight excluding hydrogens is 274 g/mol. The Morgan fingerprint density at radius 3 is 2.68 bits per heavy atom. The van der Waals surface area contributed by atoms with Gasteiger partial charge in [0.25, 0.3) is 0 Å². The van der Waals surface area contributed by atoms with Crippen molar-refractivity contribution < 1.29 is 0 Å². The fourth-order valence-corrected chi connectivity index (χ4v) is 2.57. The number of hydrogen-bond acceptors (Lipinski definition) is 3. The van der Waals surface area contributed by atoms with Crippen molar-refractivity contribution in [2.45, 2.75) is 13.5 Å². The molecule has 0 fully saturated rings. The molecule has 1 aromatic carbocycles. The summed E-state index contributed by atoms with van der Waals surface area (Å²) in [6.45, 7) is 2.70. The molecule has 0 spiro atoms. The fraction of sp³-hybridized carbons (Fsp3) is 0.118. The molecule has 4 aromatic rings. The van der Waals surface area contributed by atoms with Gasteiger partial charge in [0.2, 0.25) is 0 Å². The lowest BCUT2D eigenvalue weighted by molar-refractivity contribution is 0.778. The van der Waals surface area contributed by atoms with Gasteiger partial charge in [0, 0.05) is 24.2 Å².